The molecular weight excluding hydrogens is 399 g/mol. The maximum Gasteiger partial charge on any atom is 0.312 e. The van der Waals surface area contributed by atoms with Gasteiger partial charge in [-0.2, -0.15) is 14.4 Å². The number of benzene rings is 1. The summed E-state index contributed by atoms with van der Waals surface area (Å²) in [4.78, 5) is 12.2. The maximum absolute atomic E-state index is 13.8. The van der Waals surface area contributed by atoms with Crippen molar-refractivity contribution in [3.8, 4) is 11.5 Å². The fourth-order valence-corrected chi connectivity index (χ4v) is 3.44. The molecule has 0 spiro atoms. The third-order valence-corrected chi connectivity index (χ3v) is 4.92. The minimum absolute atomic E-state index is 0.0463. The lowest BCUT2D eigenvalue weighted by Crippen LogP contribution is -2.25. The molecule has 3 N–H and O–H groups in total. The minimum Gasteiger partial charge on any atom is -0.454 e. The second kappa shape index (κ2) is 9.91. The van der Waals surface area contributed by atoms with Gasteiger partial charge in [-0.25, -0.2) is 4.98 Å². The Morgan fingerprint density at radius 3 is 2.58 bits per heavy atom. The van der Waals surface area contributed by atoms with Gasteiger partial charge in [-0.05, 0) is 42.6 Å². The molecule has 0 aliphatic carbocycles. The molecule has 3 aromatic rings. The van der Waals surface area contributed by atoms with E-state index >= 15 is 0 Å². The molecular formula is C22H31FN6O2. The molecule has 31 heavy (non-hydrogen) atoms. The van der Waals surface area contributed by atoms with Crippen molar-refractivity contribution < 1.29 is 13.9 Å². The molecule has 3 heterocycles. The molecule has 0 fully saturated rings. The number of nitrogens with zero attached hydrogens (tertiary/aromatic N) is 4. The van der Waals surface area contributed by atoms with Gasteiger partial charge in [-0.3, -0.25) is 0 Å². The van der Waals surface area contributed by atoms with Gasteiger partial charge in [0.1, 0.15) is 5.82 Å². The number of nitrogen functional groups attached to an aromatic ring is 1. The predicted molar refractivity (Wildman–Crippen MR) is 119 cm³/mol. The SMILES string of the molecule is CC.Cc1cc2c(cc1Cc1nc3c(N)nc(F)nc3n1CCNCC(C)C)OCO2. The van der Waals surface area contributed by atoms with Crippen LogP contribution in [0.1, 0.15) is 44.6 Å². The normalized spacial score (nSPS) is 12.4. The van der Waals surface area contributed by atoms with Crippen LogP contribution in [0.4, 0.5) is 10.2 Å². The first kappa shape index (κ1) is 22.7. The molecule has 2 aromatic heterocycles. The van der Waals surface area contributed by atoms with Gasteiger partial charge in [0.05, 0.1) is 0 Å². The van der Waals surface area contributed by atoms with E-state index in [1.54, 1.807) is 0 Å². The van der Waals surface area contributed by atoms with Gasteiger partial charge in [-0.15, -0.1) is 0 Å². The monoisotopic (exact) mass is 430 g/mol. The van der Waals surface area contributed by atoms with Crippen molar-refractivity contribution in [3.63, 3.8) is 0 Å². The molecule has 1 aliphatic rings. The van der Waals surface area contributed by atoms with Crippen LogP contribution in [0.25, 0.3) is 11.2 Å². The third-order valence-electron chi connectivity index (χ3n) is 4.92. The highest BCUT2D eigenvalue weighted by atomic mass is 19.1. The number of nitrogens with two attached hydrogens (primary N) is 1. The molecule has 0 amide bonds. The zero-order valence-corrected chi connectivity index (χ0v) is 18.8. The largest absolute Gasteiger partial charge is 0.454 e. The fourth-order valence-electron chi connectivity index (χ4n) is 3.44. The summed E-state index contributed by atoms with van der Waals surface area (Å²) in [6, 6.07) is 3.93. The number of anilines is 1. The average molecular weight is 431 g/mol. The van der Waals surface area contributed by atoms with Crippen LogP contribution in [-0.4, -0.2) is 39.4 Å². The summed E-state index contributed by atoms with van der Waals surface area (Å²) in [6.45, 7) is 12.7. The molecule has 0 bridgehead atoms. The summed E-state index contributed by atoms with van der Waals surface area (Å²) in [6.07, 6.45) is -0.318. The number of nitrogens with one attached hydrogen (secondary N) is 1. The van der Waals surface area contributed by atoms with E-state index < -0.39 is 6.08 Å². The molecule has 168 valence electrons. The van der Waals surface area contributed by atoms with Crippen LogP contribution < -0.4 is 20.5 Å². The van der Waals surface area contributed by atoms with E-state index in [2.05, 4.69) is 34.1 Å². The number of halogens is 1. The Morgan fingerprint density at radius 1 is 1.16 bits per heavy atom. The number of ether oxygens (including phenoxy) is 2. The first-order valence-corrected chi connectivity index (χ1v) is 10.7. The highest BCUT2D eigenvalue weighted by molar-refractivity contribution is 5.82. The average Bonchev–Trinajstić information content (AvgIpc) is 3.31. The van der Waals surface area contributed by atoms with Crippen molar-refractivity contribution in [2.75, 3.05) is 25.6 Å². The Labute approximate surface area is 182 Å². The van der Waals surface area contributed by atoms with Gasteiger partial charge < -0.3 is 25.1 Å². The van der Waals surface area contributed by atoms with E-state index in [1.165, 1.54) is 0 Å². The van der Waals surface area contributed by atoms with E-state index in [-0.39, 0.29) is 12.6 Å². The number of aromatic nitrogens is 4. The van der Waals surface area contributed by atoms with Crippen molar-refractivity contribution in [1.29, 1.82) is 0 Å². The molecule has 1 aliphatic heterocycles. The zero-order valence-electron chi connectivity index (χ0n) is 18.8. The maximum atomic E-state index is 13.8. The quantitative estimate of drug-likeness (QED) is 0.437. The summed E-state index contributed by atoms with van der Waals surface area (Å²) < 4.78 is 26.7. The number of hydrogen-bond acceptors (Lipinski definition) is 7. The lowest BCUT2D eigenvalue weighted by Gasteiger charge is -2.12. The standard InChI is InChI=1S/C20H25FN6O2.C2H6/c1-11(2)9-23-4-5-27-16(24-17-18(22)25-20(21)26-19(17)27)8-13-7-15-14(6-12(13)3)28-10-29-15;1-2/h6-7,11,23H,4-5,8-10H2,1-3H3,(H2,22,25,26);1-2H3. The van der Waals surface area contributed by atoms with Crippen molar-refractivity contribution in [2.24, 2.45) is 5.92 Å². The lowest BCUT2D eigenvalue weighted by molar-refractivity contribution is 0.174. The Balaban J connectivity index is 0.00000132. The van der Waals surface area contributed by atoms with Gasteiger partial charge >= 0.3 is 6.08 Å². The van der Waals surface area contributed by atoms with E-state index in [4.69, 9.17) is 15.2 Å². The van der Waals surface area contributed by atoms with Gasteiger partial charge in [-0.1, -0.05) is 27.7 Å². The van der Waals surface area contributed by atoms with E-state index in [9.17, 15) is 4.39 Å². The minimum atomic E-state index is -0.850. The number of aryl methyl sites for hydroxylation is 1. The molecule has 0 saturated heterocycles. The molecule has 0 unspecified atom stereocenters. The van der Waals surface area contributed by atoms with Crippen molar-refractivity contribution in [1.82, 2.24) is 24.8 Å². The number of hydrogen-bond donors (Lipinski definition) is 2. The molecule has 0 radical (unpaired) electrons. The molecule has 0 saturated carbocycles. The smallest absolute Gasteiger partial charge is 0.312 e. The van der Waals surface area contributed by atoms with Gasteiger partial charge in [0.2, 0.25) is 6.79 Å². The highest BCUT2D eigenvalue weighted by Gasteiger charge is 2.20. The van der Waals surface area contributed by atoms with E-state index in [0.717, 1.165) is 35.0 Å². The summed E-state index contributed by atoms with van der Waals surface area (Å²) in [5, 5.41) is 3.40. The first-order chi connectivity index (χ1) is 14.9. The highest BCUT2D eigenvalue weighted by Crippen LogP contribution is 2.35. The lowest BCUT2D eigenvalue weighted by atomic mass is 10.0. The van der Waals surface area contributed by atoms with Crippen molar-refractivity contribution >= 4 is 17.0 Å². The summed E-state index contributed by atoms with van der Waals surface area (Å²) in [5.74, 6) is 2.80. The Bertz CT molecular complexity index is 1050. The van der Waals surface area contributed by atoms with Crippen LogP contribution in [0.2, 0.25) is 0 Å². The van der Waals surface area contributed by atoms with Gasteiger partial charge in [0, 0.05) is 19.5 Å². The number of rotatable bonds is 7. The molecule has 8 nitrogen and oxygen atoms in total. The van der Waals surface area contributed by atoms with E-state index in [0.29, 0.717) is 36.6 Å². The third kappa shape index (κ3) is 5.04. The van der Waals surface area contributed by atoms with Crippen LogP contribution in [0, 0.1) is 18.9 Å². The van der Waals surface area contributed by atoms with Crippen LogP contribution >= 0.6 is 0 Å². The van der Waals surface area contributed by atoms with Gasteiger partial charge in [0.15, 0.2) is 28.5 Å². The summed E-state index contributed by atoms with van der Waals surface area (Å²) >= 11 is 0. The van der Waals surface area contributed by atoms with Crippen LogP contribution in [0.5, 0.6) is 11.5 Å². The molecule has 0 atom stereocenters. The second-order valence-corrected chi connectivity index (χ2v) is 7.64. The summed E-state index contributed by atoms with van der Waals surface area (Å²) in [7, 11) is 0. The molecule has 4 rings (SSSR count). The zero-order chi connectivity index (χ0) is 22.5. The van der Waals surface area contributed by atoms with Crippen molar-refractivity contribution in [3.05, 3.63) is 35.2 Å². The topological polar surface area (TPSA) is 100 Å². The Kier molecular flexibility index (Phi) is 7.27. The van der Waals surface area contributed by atoms with Crippen LogP contribution in [0.15, 0.2) is 12.1 Å². The predicted octanol–water partition coefficient (Wildman–Crippen LogP) is 3.45. The molecule has 9 heteroatoms. The first-order valence-electron chi connectivity index (χ1n) is 10.7. The van der Waals surface area contributed by atoms with Crippen molar-refractivity contribution in [2.45, 2.75) is 47.6 Å². The van der Waals surface area contributed by atoms with Gasteiger partial charge in [0.25, 0.3) is 0 Å². The Hall–Kier alpha value is -2.94. The van der Waals surface area contributed by atoms with Crippen LogP contribution in [-0.2, 0) is 13.0 Å². The second-order valence-electron chi connectivity index (χ2n) is 7.64. The van der Waals surface area contributed by atoms with Crippen LogP contribution in [0.3, 0.4) is 0 Å². The fraction of sp³-hybridized carbons (Fsp3) is 0.500. The van der Waals surface area contributed by atoms with E-state index in [1.807, 2.05) is 37.5 Å². The summed E-state index contributed by atoms with van der Waals surface area (Å²) in [5.41, 5.74) is 8.86. The number of imidazole rings is 1. The number of fused-ring (bicyclic) bond motifs is 2. The molecule has 1 aromatic carbocycles. The Morgan fingerprint density at radius 2 is 1.87 bits per heavy atom.